The summed E-state index contributed by atoms with van der Waals surface area (Å²) in [5.41, 5.74) is -6.22. The van der Waals surface area contributed by atoms with Gasteiger partial charge in [-0.05, 0) is 90.0 Å². The lowest BCUT2D eigenvalue weighted by Crippen LogP contribution is -1.92. The van der Waals surface area contributed by atoms with Gasteiger partial charge in [0.25, 0.3) is 0 Å². The van der Waals surface area contributed by atoms with Crippen LogP contribution in [0.2, 0.25) is 0 Å². The largest absolute Gasteiger partial charge is 0.143 e. The third-order valence-electron chi connectivity index (χ3n) is 6.28. The quantitative estimate of drug-likeness (QED) is 0.186. The van der Waals surface area contributed by atoms with Crippen molar-refractivity contribution in [3.05, 3.63) is 156 Å². The first-order valence-corrected chi connectivity index (χ1v) is 12.7. The predicted octanol–water partition coefficient (Wildman–Crippen LogP) is 11.9. The molecule has 1 aromatic heterocycles. The highest BCUT2D eigenvalue weighted by Gasteiger charge is 2.19. The SMILES string of the molecule is [2H]c1sc2c([2H])c([2H])c([2H])c([2H])c2c1-c1c2c([2H])c([2H])c([2H])c([2H])c2c(-c2c([2H])c(-c3c([2H])c([2H])c([2H])c([2H])c3[2H])c([2H])c(-c3c([2H])c([2H])c([2H])c([2H])c3[2H])c2[2H])c2c([2H])c([2H])c([2H])c([2H])c12. The van der Waals surface area contributed by atoms with Crippen LogP contribution in [0.3, 0.4) is 0 Å². The second-order valence-electron chi connectivity index (χ2n) is 8.53. The van der Waals surface area contributed by atoms with Gasteiger partial charge in [0.15, 0.2) is 0 Å². The number of thiophene rings is 1. The third kappa shape index (κ3) is 4.06. The second kappa shape index (κ2) is 9.89. The molecule has 0 radical (unpaired) electrons. The molecule has 0 bridgehead atoms. The molecule has 1 heteroatoms. The van der Waals surface area contributed by atoms with Crippen molar-refractivity contribution in [3.63, 3.8) is 0 Å². The van der Waals surface area contributed by atoms with Crippen molar-refractivity contribution in [3.8, 4) is 44.5 Å². The van der Waals surface area contributed by atoms with Gasteiger partial charge in [-0.15, -0.1) is 11.3 Å². The van der Waals surface area contributed by atoms with E-state index in [1.807, 2.05) is 0 Å². The van der Waals surface area contributed by atoms with Crippen molar-refractivity contribution in [2.24, 2.45) is 0 Å². The van der Waals surface area contributed by atoms with Crippen molar-refractivity contribution in [2.75, 3.05) is 0 Å². The Morgan fingerprint density at radius 2 is 0.780 bits per heavy atom. The van der Waals surface area contributed by atoms with Gasteiger partial charge >= 0.3 is 0 Å². The summed E-state index contributed by atoms with van der Waals surface area (Å²) >= 11 is 0.539. The first-order valence-electron chi connectivity index (χ1n) is 24.9. The molecule has 1 heterocycles. The Kier molecular flexibility index (Phi) is 2.24. The Labute approximate surface area is 280 Å². The van der Waals surface area contributed by atoms with E-state index in [9.17, 15) is 11.0 Å². The van der Waals surface area contributed by atoms with Crippen LogP contribution >= 0.6 is 11.3 Å². The van der Waals surface area contributed by atoms with Crippen LogP contribution in [-0.4, -0.2) is 0 Å². The molecule has 8 aromatic rings. The maximum atomic E-state index is 9.83. The maximum Gasteiger partial charge on any atom is 0.0747 e. The van der Waals surface area contributed by atoms with Gasteiger partial charge in [-0.3, -0.25) is 0 Å². The zero-order chi connectivity index (χ0) is 49.8. The Bertz CT molecular complexity index is 3410. The van der Waals surface area contributed by atoms with Crippen LogP contribution in [0.1, 0.15) is 35.6 Å². The summed E-state index contributed by atoms with van der Waals surface area (Å²) in [5, 5.41) is -3.65. The van der Waals surface area contributed by atoms with E-state index in [-0.39, 0.29) is 10.1 Å². The van der Waals surface area contributed by atoms with E-state index in [0.717, 1.165) is 0 Å². The highest BCUT2D eigenvalue weighted by Crippen LogP contribution is 2.47. The van der Waals surface area contributed by atoms with Gasteiger partial charge in [0, 0.05) is 15.6 Å². The van der Waals surface area contributed by atoms with E-state index in [1.54, 1.807) is 0 Å². The maximum absolute atomic E-state index is 9.83. The minimum atomic E-state index is -1.10. The molecule has 192 valence electrons. The van der Waals surface area contributed by atoms with Gasteiger partial charge < -0.3 is 0 Å². The van der Waals surface area contributed by atoms with Crippen LogP contribution in [0.25, 0.3) is 76.1 Å². The summed E-state index contributed by atoms with van der Waals surface area (Å²) in [6.07, 6.45) is 0. The van der Waals surface area contributed by atoms with Crippen molar-refractivity contribution >= 4 is 43.0 Å². The van der Waals surface area contributed by atoms with E-state index >= 15 is 0 Å². The van der Waals surface area contributed by atoms with E-state index < -0.39 is 222 Å². The summed E-state index contributed by atoms with van der Waals surface area (Å²) in [5.74, 6) is 0. The number of hydrogen-bond donors (Lipinski definition) is 0. The predicted molar refractivity (Wildman–Crippen MR) is 179 cm³/mol. The highest BCUT2D eigenvalue weighted by atomic mass is 32.1. The molecule has 0 N–H and O–H groups in total. The molecule has 0 atom stereocenters. The number of benzene rings is 7. The first-order chi connectivity index (χ1) is 31.2. The van der Waals surface area contributed by atoms with Crippen LogP contribution in [0.15, 0.2) is 156 Å². The molecule has 0 saturated heterocycles. The zero-order valence-corrected chi connectivity index (χ0v) is 21.2. The molecule has 7 aromatic carbocycles. The molecular formula is C40H26S. The summed E-state index contributed by atoms with van der Waals surface area (Å²) < 4.78 is 231. The first kappa shape index (κ1) is 9.27. The topological polar surface area (TPSA) is 0 Å². The average Bonchev–Trinajstić information content (AvgIpc) is 3.64. The molecule has 0 aliphatic rings. The van der Waals surface area contributed by atoms with Crippen molar-refractivity contribution in [1.29, 1.82) is 0 Å². The van der Waals surface area contributed by atoms with Gasteiger partial charge in [0.2, 0.25) is 0 Å². The molecule has 0 saturated carbocycles. The lowest BCUT2D eigenvalue weighted by molar-refractivity contribution is 1.58. The Morgan fingerprint density at radius 1 is 0.366 bits per heavy atom. The smallest absolute Gasteiger partial charge is 0.0747 e. The average molecular weight is 565 g/mol. The van der Waals surface area contributed by atoms with E-state index in [4.69, 9.17) is 24.7 Å². The van der Waals surface area contributed by atoms with Crippen molar-refractivity contribution in [2.45, 2.75) is 0 Å². The number of fused-ring (bicyclic) bond motifs is 3. The summed E-state index contributed by atoms with van der Waals surface area (Å²) in [6.45, 7) is 0. The highest BCUT2D eigenvalue weighted by molar-refractivity contribution is 7.17. The van der Waals surface area contributed by atoms with Gasteiger partial charge in [0.1, 0.15) is 0 Å². The normalized spacial score (nSPS) is 20.3. The van der Waals surface area contributed by atoms with Crippen molar-refractivity contribution < 1.29 is 35.6 Å². The van der Waals surface area contributed by atoms with Gasteiger partial charge in [-0.2, -0.15) is 0 Å². The minimum absolute atomic E-state index is 0.197. The second-order valence-corrected chi connectivity index (χ2v) is 9.35. The minimum Gasteiger partial charge on any atom is -0.143 e. The van der Waals surface area contributed by atoms with Gasteiger partial charge in [-0.25, -0.2) is 0 Å². The Hall–Kier alpha value is -4.98. The zero-order valence-electron chi connectivity index (χ0n) is 46.4. The molecule has 0 amide bonds. The molecule has 41 heavy (non-hydrogen) atoms. The fraction of sp³-hybridized carbons (Fsp3) is 0. The number of rotatable bonds is 4. The molecule has 0 spiro atoms. The lowest BCUT2D eigenvalue weighted by Gasteiger charge is -2.19. The van der Waals surface area contributed by atoms with E-state index in [2.05, 4.69) is 0 Å². The van der Waals surface area contributed by atoms with Gasteiger partial charge in [-0.1, -0.05) is 127 Å². The summed E-state index contributed by atoms with van der Waals surface area (Å²) in [7, 11) is 0. The van der Waals surface area contributed by atoms with Crippen LogP contribution in [0, 0.1) is 0 Å². The molecule has 0 aliphatic heterocycles. The Balaban J connectivity index is 1.80. The Morgan fingerprint density at radius 3 is 1.32 bits per heavy atom. The third-order valence-corrected chi connectivity index (χ3v) is 7.10. The molecule has 0 unspecified atom stereocenters. The standard InChI is InChI=1S/C40H26S/c1-3-13-27(14-4-1)29-23-30(28-15-5-2-6-16-28)25-31(24-29)39-33-18-7-9-20-35(33)40(36-21-10-8-19-34(36)39)37-26-41-38-22-12-11-17-32(37)38/h1-26H/i1D,2D,3D,4D,5D,6D,7D,8D,9D,10D,11D,12D,13D,14D,15D,16D,17D,18D,19D,20D,21D,22D,23D,24D,25D,26D. The molecule has 8 rings (SSSR count). The molecule has 0 fully saturated rings. The van der Waals surface area contributed by atoms with Crippen LogP contribution in [0.5, 0.6) is 0 Å². The summed E-state index contributed by atoms with van der Waals surface area (Å²) in [4.78, 5) is 0. The van der Waals surface area contributed by atoms with Crippen LogP contribution < -0.4 is 0 Å². The van der Waals surface area contributed by atoms with E-state index in [1.165, 1.54) is 0 Å². The molecule has 0 nitrogen and oxygen atoms in total. The van der Waals surface area contributed by atoms with Crippen molar-refractivity contribution in [1.82, 2.24) is 0 Å². The van der Waals surface area contributed by atoms with Crippen LogP contribution in [0.4, 0.5) is 0 Å². The fourth-order valence-electron chi connectivity index (χ4n) is 4.60. The monoisotopic (exact) mass is 564 g/mol. The number of hydrogen-bond acceptors (Lipinski definition) is 1. The van der Waals surface area contributed by atoms with Gasteiger partial charge in [0.05, 0.1) is 35.6 Å². The fourth-order valence-corrected chi connectivity index (χ4v) is 5.37. The lowest BCUT2D eigenvalue weighted by atomic mass is 9.84. The summed E-state index contributed by atoms with van der Waals surface area (Å²) in [6, 6.07) is -23.5. The van der Waals surface area contributed by atoms with Crippen LogP contribution in [-0.2, 0) is 0 Å². The molecular weight excluding hydrogens is 513 g/mol. The van der Waals surface area contributed by atoms with E-state index in [0.29, 0.717) is 11.3 Å². The molecule has 0 aliphatic carbocycles.